The van der Waals surface area contributed by atoms with Crippen LogP contribution >= 0.6 is 9.24 Å². The molecule has 7 nitrogen and oxygen atoms in total. The van der Waals surface area contributed by atoms with Crippen LogP contribution in [0.2, 0.25) is 0 Å². The molecule has 0 aliphatic carbocycles. The standard InChI is InChI=1S/C11H14F2NO3P.C7H16N2O/c12-11(13,18)8-3-1-7(2-4-8)5-14-10(17)9(16)6-15;1-2-5-9(7-10)6-3-4-8/h1-4,9,15-16H,5-6,18H2,(H,14,17);7H,2-6,8H2,1H3. The average molecular weight is 421 g/mol. The number of aliphatic hydroxyl groups is 2. The van der Waals surface area contributed by atoms with Crippen molar-refractivity contribution in [2.45, 2.75) is 38.1 Å². The molecule has 1 rings (SSSR count). The molecule has 160 valence electrons. The molecule has 28 heavy (non-hydrogen) atoms. The lowest BCUT2D eigenvalue weighted by Gasteiger charge is -2.14. The van der Waals surface area contributed by atoms with E-state index in [2.05, 4.69) is 12.2 Å². The first-order chi connectivity index (χ1) is 13.2. The first-order valence-electron chi connectivity index (χ1n) is 8.91. The molecular formula is C18H30F2N3O4P. The average Bonchev–Trinajstić information content (AvgIpc) is 2.68. The second kappa shape index (κ2) is 14.3. The van der Waals surface area contributed by atoms with Crippen LogP contribution in [-0.4, -0.2) is 59.8 Å². The van der Waals surface area contributed by atoms with Gasteiger partial charge in [-0.3, -0.25) is 9.59 Å². The second-order valence-electron chi connectivity index (χ2n) is 6.02. The van der Waals surface area contributed by atoms with E-state index in [1.54, 1.807) is 4.90 Å². The molecular weight excluding hydrogens is 391 g/mol. The van der Waals surface area contributed by atoms with Crippen molar-refractivity contribution in [2.24, 2.45) is 5.73 Å². The third-order valence-electron chi connectivity index (χ3n) is 3.59. The van der Waals surface area contributed by atoms with Crippen LogP contribution in [0.1, 0.15) is 30.9 Å². The normalized spacial score (nSPS) is 11.8. The Hall–Kier alpha value is -1.67. The monoisotopic (exact) mass is 421 g/mol. The zero-order valence-corrected chi connectivity index (χ0v) is 17.1. The maximum absolute atomic E-state index is 12.9. The van der Waals surface area contributed by atoms with Crippen LogP contribution < -0.4 is 11.1 Å². The zero-order valence-electron chi connectivity index (χ0n) is 16.0. The molecule has 2 amide bonds. The van der Waals surface area contributed by atoms with Crippen molar-refractivity contribution in [3.63, 3.8) is 0 Å². The second-order valence-corrected chi connectivity index (χ2v) is 6.74. The number of benzene rings is 1. The molecule has 0 aliphatic heterocycles. The molecule has 0 spiro atoms. The van der Waals surface area contributed by atoms with Crippen molar-refractivity contribution in [1.29, 1.82) is 0 Å². The van der Waals surface area contributed by atoms with E-state index in [4.69, 9.17) is 15.9 Å². The molecule has 0 saturated carbocycles. The van der Waals surface area contributed by atoms with Crippen molar-refractivity contribution in [3.8, 4) is 0 Å². The Morgan fingerprint density at radius 2 is 1.96 bits per heavy atom. The summed E-state index contributed by atoms with van der Waals surface area (Å²) < 4.78 is 25.8. The summed E-state index contributed by atoms with van der Waals surface area (Å²) in [4.78, 5) is 23.2. The number of aliphatic hydroxyl groups excluding tert-OH is 2. The summed E-state index contributed by atoms with van der Waals surface area (Å²) in [7, 11) is 1.44. The van der Waals surface area contributed by atoms with Crippen molar-refractivity contribution in [2.75, 3.05) is 26.2 Å². The number of rotatable bonds is 11. The van der Waals surface area contributed by atoms with Gasteiger partial charge in [-0.25, -0.2) is 0 Å². The zero-order chi connectivity index (χ0) is 21.6. The van der Waals surface area contributed by atoms with Crippen LogP contribution in [0.3, 0.4) is 0 Å². The van der Waals surface area contributed by atoms with Gasteiger partial charge in [-0.2, -0.15) is 8.78 Å². The van der Waals surface area contributed by atoms with Crippen molar-refractivity contribution < 1.29 is 28.6 Å². The molecule has 0 fully saturated rings. The van der Waals surface area contributed by atoms with Gasteiger partial charge in [-0.15, -0.1) is 0 Å². The fourth-order valence-electron chi connectivity index (χ4n) is 2.03. The molecule has 0 aromatic heterocycles. The molecule has 0 saturated heterocycles. The highest BCUT2D eigenvalue weighted by Gasteiger charge is 2.23. The van der Waals surface area contributed by atoms with Gasteiger partial charge in [-0.1, -0.05) is 40.4 Å². The fourth-order valence-corrected chi connectivity index (χ4v) is 2.23. The molecule has 0 radical (unpaired) electrons. The van der Waals surface area contributed by atoms with E-state index < -0.39 is 24.3 Å². The Kier molecular flexibility index (Phi) is 13.5. The van der Waals surface area contributed by atoms with E-state index in [1.165, 1.54) is 33.5 Å². The third kappa shape index (κ3) is 11.2. The van der Waals surface area contributed by atoms with Gasteiger partial charge in [0.2, 0.25) is 6.41 Å². The highest BCUT2D eigenvalue weighted by atomic mass is 31.0. The number of carbonyl (C=O) groups is 2. The molecule has 0 heterocycles. The van der Waals surface area contributed by atoms with Gasteiger partial charge in [0, 0.05) is 25.2 Å². The number of carbonyl (C=O) groups excluding carboxylic acids is 2. The smallest absolute Gasteiger partial charge is 0.283 e. The molecule has 0 bridgehead atoms. The van der Waals surface area contributed by atoms with Gasteiger partial charge in [0.25, 0.3) is 11.6 Å². The van der Waals surface area contributed by atoms with Crippen LogP contribution in [0.25, 0.3) is 0 Å². The SMILES string of the molecule is CCCN(C=O)CCCN.O=C(NCc1ccc(C(F)(F)P)cc1)C(O)CO. The number of nitrogens with zero attached hydrogens (tertiary/aromatic N) is 1. The summed E-state index contributed by atoms with van der Waals surface area (Å²) in [6.07, 6.45) is 1.34. The van der Waals surface area contributed by atoms with Crippen molar-refractivity contribution in [3.05, 3.63) is 35.4 Å². The van der Waals surface area contributed by atoms with E-state index in [1.807, 2.05) is 0 Å². The Bertz CT molecular complexity index is 571. The molecule has 2 unspecified atom stereocenters. The summed E-state index contributed by atoms with van der Waals surface area (Å²) in [6, 6.07) is 5.44. The third-order valence-corrected chi connectivity index (χ3v) is 3.92. The molecule has 5 N–H and O–H groups in total. The summed E-state index contributed by atoms with van der Waals surface area (Å²) >= 11 is 0. The predicted molar refractivity (Wildman–Crippen MR) is 107 cm³/mol. The minimum atomic E-state index is -2.98. The Morgan fingerprint density at radius 1 is 1.36 bits per heavy atom. The van der Waals surface area contributed by atoms with Gasteiger partial charge in [0.1, 0.15) is 0 Å². The lowest BCUT2D eigenvalue weighted by molar-refractivity contribution is -0.131. The predicted octanol–water partition coefficient (Wildman–Crippen LogP) is 0.784. The number of hydrogen-bond donors (Lipinski definition) is 4. The number of hydrogen-bond acceptors (Lipinski definition) is 5. The van der Waals surface area contributed by atoms with Gasteiger partial charge < -0.3 is 26.2 Å². The summed E-state index contributed by atoms with van der Waals surface area (Å²) in [6.45, 7) is 3.80. The highest BCUT2D eigenvalue weighted by molar-refractivity contribution is 7.17. The van der Waals surface area contributed by atoms with E-state index >= 15 is 0 Å². The maximum atomic E-state index is 12.9. The lowest BCUT2D eigenvalue weighted by Crippen LogP contribution is -2.36. The van der Waals surface area contributed by atoms with Crippen molar-refractivity contribution in [1.82, 2.24) is 10.2 Å². The van der Waals surface area contributed by atoms with Crippen molar-refractivity contribution >= 4 is 21.6 Å². The molecule has 2 atom stereocenters. The molecule has 1 aromatic rings. The van der Waals surface area contributed by atoms with E-state index in [0.29, 0.717) is 12.1 Å². The van der Waals surface area contributed by atoms with Crippen LogP contribution in [0, 0.1) is 0 Å². The Balaban J connectivity index is 0.000000621. The van der Waals surface area contributed by atoms with Gasteiger partial charge in [0.15, 0.2) is 6.10 Å². The number of halogens is 2. The minimum Gasteiger partial charge on any atom is -0.393 e. The maximum Gasteiger partial charge on any atom is 0.283 e. The first kappa shape index (κ1) is 26.3. The highest BCUT2D eigenvalue weighted by Crippen LogP contribution is 2.34. The largest absolute Gasteiger partial charge is 0.393 e. The van der Waals surface area contributed by atoms with E-state index in [-0.39, 0.29) is 12.1 Å². The van der Waals surface area contributed by atoms with Gasteiger partial charge in [0.05, 0.1) is 6.61 Å². The van der Waals surface area contributed by atoms with E-state index in [0.717, 1.165) is 32.3 Å². The van der Waals surface area contributed by atoms with Gasteiger partial charge >= 0.3 is 0 Å². The quantitative estimate of drug-likeness (QED) is 0.311. The topological polar surface area (TPSA) is 116 Å². The first-order valence-corrected chi connectivity index (χ1v) is 9.49. The van der Waals surface area contributed by atoms with Crippen LogP contribution in [-0.2, 0) is 21.8 Å². The van der Waals surface area contributed by atoms with Crippen LogP contribution in [0.15, 0.2) is 24.3 Å². The Morgan fingerprint density at radius 3 is 2.39 bits per heavy atom. The van der Waals surface area contributed by atoms with Crippen LogP contribution in [0.5, 0.6) is 0 Å². The molecule has 10 heteroatoms. The molecule has 0 aliphatic rings. The van der Waals surface area contributed by atoms with E-state index in [9.17, 15) is 18.4 Å². The Labute approximate surface area is 166 Å². The number of nitrogens with one attached hydrogen (secondary N) is 1. The number of nitrogens with two attached hydrogens (primary N) is 1. The lowest BCUT2D eigenvalue weighted by atomic mass is 10.1. The molecule has 1 aromatic carbocycles. The number of amides is 2. The number of alkyl halides is 2. The summed E-state index contributed by atoms with van der Waals surface area (Å²) in [5, 5.41) is 19.9. The fraction of sp³-hybridized carbons (Fsp3) is 0.556. The summed E-state index contributed by atoms with van der Waals surface area (Å²) in [5.41, 5.74) is 2.78. The minimum absolute atomic E-state index is 0.0958. The summed E-state index contributed by atoms with van der Waals surface area (Å²) in [5.74, 6) is -0.710. The van der Waals surface area contributed by atoms with Crippen LogP contribution in [0.4, 0.5) is 8.78 Å². The van der Waals surface area contributed by atoms with Gasteiger partial charge in [-0.05, 0) is 24.9 Å².